The Balaban J connectivity index is 1.73. The zero-order valence-electron chi connectivity index (χ0n) is 14.7. The first-order valence-corrected chi connectivity index (χ1v) is 8.46. The van der Waals surface area contributed by atoms with Crippen LogP contribution in [-0.4, -0.2) is 32.1 Å². The second kappa shape index (κ2) is 9.58. The number of hydrogen-bond acceptors (Lipinski definition) is 4. The minimum atomic E-state index is -0.326. The lowest BCUT2D eigenvalue weighted by molar-refractivity contribution is -0.124. The van der Waals surface area contributed by atoms with E-state index in [1.54, 1.807) is 30.5 Å². The SMILES string of the molecule is CN(C)c1ccc(C=NNC(=O)CCC(=O)Nc2cccc(Cl)c2)cc1. The van der Waals surface area contributed by atoms with E-state index in [2.05, 4.69) is 15.8 Å². The number of nitrogens with one attached hydrogen (secondary N) is 2. The van der Waals surface area contributed by atoms with Gasteiger partial charge in [-0.1, -0.05) is 29.8 Å². The minimum Gasteiger partial charge on any atom is -0.378 e. The molecule has 26 heavy (non-hydrogen) atoms. The first-order chi connectivity index (χ1) is 12.4. The van der Waals surface area contributed by atoms with E-state index in [9.17, 15) is 9.59 Å². The first kappa shape index (κ1) is 19.5. The number of nitrogens with zero attached hydrogens (tertiary/aromatic N) is 2. The van der Waals surface area contributed by atoms with Crippen molar-refractivity contribution in [1.29, 1.82) is 0 Å². The van der Waals surface area contributed by atoms with Gasteiger partial charge in [-0.05, 0) is 35.9 Å². The third-order valence-electron chi connectivity index (χ3n) is 3.50. The van der Waals surface area contributed by atoms with E-state index >= 15 is 0 Å². The van der Waals surface area contributed by atoms with Gasteiger partial charge in [0.2, 0.25) is 11.8 Å². The van der Waals surface area contributed by atoms with Gasteiger partial charge < -0.3 is 10.2 Å². The van der Waals surface area contributed by atoms with Gasteiger partial charge in [0, 0.05) is 43.3 Å². The third-order valence-corrected chi connectivity index (χ3v) is 3.73. The topological polar surface area (TPSA) is 73.8 Å². The first-order valence-electron chi connectivity index (χ1n) is 8.09. The number of rotatable bonds is 7. The molecule has 0 bridgehead atoms. The summed E-state index contributed by atoms with van der Waals surface area (Å²) in [7, 11) is 3.93. The second-order valence-corrected chi connectivity index (χ2v) is 6.27. The average Bonchev–Trinajstić information content (AvgIpc) is 2.60. The van der Waals surface area contributed by atoms with Crippen LogP contribution in [0.3, 0.4) is 0 Å². The number of carbonyl (C=O) groups excluding carboxylic acids is 2. The van der Waals surface area contributed by atoms with Gasteiger partial charge in [-0.15, -0.1) is 0 Å². The molecule has 0 spiro atoms. The van der Waals surface area contributed by atoms with Crippen molar-refractivity contribution in [2.45, 2.75) is 12.8 Å². The molecule has 0 fully saturated rings. The highest BCUT2D eigenvalue weighted by molar-refractivity contribution is 6.30. The van der Waals surface area contributed by atoms with Crippen molar-refractivity contribution >= 4 is 41.0 Å². The van der Waals surface area contributed by atoms with Gasteiger partial charge in [0.1, 0.15) is 0 Å². The maximum atomic E-state index is 11.8. The molecule has 7 heteroatoms. The number of halogens is 1. The molecular formula is C19H21ClN4O2. The number of anilines is 2. The smallest absolute Gasteiger partial charge is 0.240 e. The molecule has 0 unspecified atom stereocenters. The maximum absolute atomic E-state index is 11.8. The Bertz CT molecular complexity index is 788. The average molecular weight is 373 g/mol. The molecular weight excluding hydrogens is 352 g/mol. The third kappa shape index (κ3) is 6.57. The minimum absolute atomic E-state index is 0.0449. The van der Waals surface area contributed by atoms with E-state index in [-0.39, 0.29) is 24.7 Å². The fourth-order valence-electron chi connectivity index (χ4n) is 2.11. The fourth-order valence-corrected chi connectivity index (χ4v) is 2.30. The molecule has 0 aliphatic carbocycles. The van der Waals surface area contributed by atoms with E-state index in [1.807, 2.05) is 43.3 Å². The van der Waals surface area contributed by atoms with Crippen LogP contribution in [0.5, 0.6) is 0 Å². The molecule has 0 atom stereocenters. The number of hydrazone groups is 1. The van der Waals surface area contributed by atoms with Crippen LogP contribution in [0.2, 0.25) is 5.02 Å². The largest absolute Gasteiger partial charge is 0.378 e. The molecule has 0 heterocycles. The van der Waals surface area contributed by atoms with Gasteiger partial charge in [0.15, 0.2) is 0 Å². The quantitative estimate of drug-likeness (QED) is 0.578. The van der Waals surface area contributed by atoms with E-state index in [0.29, 0.717) is 10.7 Å². The van der Waals surface area contributed by atoms with Crippen molar-refractivity contribution in [2.24, 2.45) is 5.10 Å². The Labute approximate surface area is 157 Å². The van der Waals surface area contributed by atoms with Gasteiger partial charge in [-0.3, -0.25) is 9.59 Å². The molecule has 0 aromatic heterocycles. The van der Waals surface area contributed by atoms with Crippen LogP contribution >= 0.6 is 11.6 Å². The number of amides is 2. The Hall–Kier alpha value is -2.86. The summed E-state index contributed by atoms with van der Waals surface area (Å²) in [5.41, 5.74) is 4.97. The highest BCUT2D eigenvalue weighted by atomic mass is 35.5. The fraction of sp³-hybridized carbons (Fsp3) is 0.211. The van der Waals surface area contributed by atoms with E-state index in [1.165, 1.54) is 0 Å². The van der Waals surface area contributed by atoms with E-state index < -0.39 is 0 Å². The van der Waals surface area contributed by atoms with Crippen molar-refractivity contribution in [3.63, 3.8) is 0 Å². The second-order valence-electron chi connectivity index (χ2n) is 5.84. The van der Waals surface area contributed by atoms with Gasteiger partial charge in [-0.2, -0.15) is 5.10 Å². The molecule has 2 amide bonds. The zero-order valence-corrected chi connectivity index (χ0v) is 15.5. The van der Waals surface area contributed by atoms with Crippen molar-refractivity contribution in [2.75, 3.05) is 24.3 Å². The summed E-state index contributed by atoms with van der Waals surface area (Å²) in [5.74, 6) is -0.585. The van der Waals surface area contributed by atoms with Crippen molar-refractivity contribution in [1.82, 2.24) is 5.43 Å². The standard InChI is InChI=1S/C19H21ClN4O2/c1-24(2)17-8-6-14(7-9-17)13-21-23-19(26)11-10-18(25)22-16-5-3-4-15(20)12-16/h3-9,12-13H,10-11H2,1-2H3,(H,22,25)(H,23,26). The molecule has 136 valence electrons. The monoisotopic (exact) mass is 372 g/mol. The van der Waals surface area contributed by atoms with Crippen LogP contribution in [0.25, 0.3) is 0 Å². The summed E-state index contributed by atoms with van der Waals surface area (Å²) in [5, 5.41) is 7.13. The van der Waals surface area contributed by atoms with Crippen LogP contribution < -0.4 is 15.6 Å². The van der Waals surface area contributed by atoms with Crippen molar-refractivity contribution in [3.8, 4) is 0 Å². The van der Waals surface area contributed by atoms with Gasteiger partial charge >= 0.3 is 0 Å². The number of hydrogen-bond donors (Lipinski definition) is 2. The van der Waals surface area contributed by atoms with Crippen LogP contribution in [-0.2, 0) is 9.59 Å². The summed E-state index contributed by atoms with van der Waals surface area (Å²) < 4.78 is 0. The van der Waals surface area contributed by atoms with Crippen molar-refractivity contribution in [3.05, 3.63) is 59.1 Å². The normalized spacial score (nSPS) is 10.6. The molecule has 2 rings (SSSR count). The predicted octanol–water partition coefficient (Wildman–Crippen LogP) is 3.28. The lowest BCUT2D eigenvalue weighted by atomic mass is 10.2. The van der Waals surface area contributed by atoms with Crippen LogP contribution in [0.4, 0.5) is 11.4 Å². The van der Waals surface area contributed by atoms with Gasteiger partial charge in [-0.25, -0.2) is 5.43 Å². The molecule has 2 N–H and O–H groups in total. The lowest BCUT2D eigenvalue weighted by Crippen LogP contribution is -2.20. The Kier molecular flexibility index (Phi) is 7.17. The molecule has 0 saturated carbocycles. The van der Waals surface area contributed by atoms with Crippen LogP contribution in [0.15, 0.2) is 53.6 Å². The van der Waals surface area contributed by atoms with Crippen LogP contribution in [0.1, 0.15) is 18.4 Å². The zero-order chi connectivity index (χ0) is 18.9. The molecule has 0 radical (unpaired) electrons. The maximum Gasteiger partial charge on any atom is 0.240 e. The van der Waals surface area contributed by atoms with E-state index in [0.717, 1.165) is 11.3 Å². The summed E-state index contributed by atoms with van der Waals surface area (Å²) >= 11 is 5.85. The van der Waals surface area contributed by atoms with Crippen molar-refractivity contribution < 1.29 is 9.59 Å². The van der Waals surface area contributed by atoms with Gasteiger partial charge in [0.25, 0.3) is 0 Å². The number of carbonyl (C=O) groups is 2. The van der Waals surface area contributed by atoms with E-state index in [4.69, 9.17) is 11.6 Å². The molecule has 2 aromatic carbocycles. The number of benzene rings is 2. The molecule has 0 aliphatic rings. The van der Waals surface area contributed by atoms with Crippen LogP contribution in [0, 0.1) is 0 Å². The highest BCUT2D eigenvalue weighted by Crippen LogP contribution is 2.15. The predicted molar refractivity (Wildman–Crippen MR) is 106 cm³/mol. The Morgan fingerprint density at radius 2 is 1.77 bits per heavy atom. The summed E-state index contributed by atoms with van der Waals surface area (Å²) in [4.78, 5) is 25.6. The molecule has 6 nitrogen and oxygen atoms in total. The highest BCUT2D eigenvalue weighted by Gasteiger charge is 2.07. The summed E-state index contributed by atoms with van der Waals surface area (Å²) in [6.07, 6.45) is 1.66. The lowest BCUT2D eigenvalue weighted by Gasteiger charge is -2.11. The summed E-state index contributed by atoms with van der Waals surface area (Å²) in [6, 6.07) is 14.6. The van der Waals surface area contributed by atoms with Gasteiger partial charge in [0.05, 0.1) is 6.21 Å². The molecule has 0 aliphatic heterocycles. The molecule has 0 saturated heterocycles. The Morgan fingerprint density at radius 3 is 2.42 bits per heavy atom. The Morgan fingerprint density at radius 1 is 1.08 bits per heavy atom. The summed E-state index contributed by atoms with van der Waals surface area (Å²) in [6.45, 7) is 0. The molecule has 2 aromatic rings.